The molecular formula is C15H17ClN4O2S. The van der Waals surface area contributed by atoms with Crippen molar-refractivity contribution in [3.05, 3.63) is 10.8 Å². The van der Waals surface area contributed by atoms with Gasteiger partial charge in [-0.05, 0) is 49.1 Å². The molecule has 2 aromatic rings. The number of hydrogen-bond acceptors (Lipinski definition) is 7. The molecule has 2 unspecified atom stereocenters. The Labute approximate surface area is 142 Å². The highest BCUT2D eigenvalue weighted by atomic mass is 35.5. The first-order valence-electron chi connectivity index (χ1n) is 7.78. The average molecular weight is 353 g/mol. The first-order valence-corrected chi connectivity index (χ1v) is 9.04. The Bertz CT molecular complexity index is 744. The topological polar surface area (TPSA) is 77.0 Å². The summed E-state index contributed by atoms with van der Waals surface area (Å²) in [6.45, 7) is 0. The number of thiazole rings is 1. The number of fused-ring (bicyclic) bond motifs is 4. The van der Waals surface area contributed by atoms with Gasteiger partial charge in [0.15, 0.2) is 10.6 Å². The molecule has 2 heterocycles. The Morgan fingerprint density at radius 3 is 2.78 bits per heavy atom. The molecule has 5 rings (SSSR count). The molecule has 3 aliphatic carbocycles. The zero-order chi connectivity index (χ0) is 16.0. The molecule has 0 aliphatic heterocycles. The zero-order valence-electron chi connectivity index (χ0n) is 12.7. The van der Waals surface area contributed by atoms with E-state index in [9.17, 15) is 4.79 Å². The van der Waals surface area contributed by atoms with Crippen LogP contribution in [0, 0.1) is 17.8 Å². The number of carbonyl (C=O) groups is 1. The molecule has 3 aliphatic rings. The molecule has 6 nitrogen and oxygen atoms in total. The standard InChI is InChI=1S/C15H17ClN4O2S/c1-22-14(21)9-7-2-4-8(5-3-7)10(9)18-12-11-13(23-6-17-11)20-15(16)19-12/h6-10H,2-5H2,1H3,(H,18,19,20). The van der Waals surface area contributed by atoms with Gasteiger partial charge in [0.25, 0.3) is 0 Å². The third-order valence-corrected chi connectivity index (χ3v) is 6.05. The normalized spacial score (nSPS) is 29.7. The Morgan fingerprint density at radius 1 is 1.30 bits per heavy atom. The Balaban J connectivity index is 1.70. The van der Waals surface area contributed by atoms with Gasteiger partial charge in [0, 0.05) is 6.04 Å². The molecule has 122 valence electrons. The molecule has 0 spiro atoms. The molecule has 2 atom stereocenters. The van der Waals surface area contributed by atoms with Gasteiger partial charge >= 0.3 is 5.97 Å². The van der Waals surface area contributed by atoms with E-state index in [4.69, 9.17) is 16.3 Å². The summed E-state index contributed by atoms with van der Waals surface area (Å²) in [4.78, 5) is 25.9. The van der Waals surface area contributed by atoms with E-state index >= 15 is 0 Å². The maximum Gasteiger partial charge on any atom is 0.311 e. The van der Waals surface area contributed by atoms with Crippen LogP contribution in [-0.2, 0) is 9.53 Å². The van der Waals surface area contributed by atoms with Crippen molar-refractivity contribution in [1.29, 1.82) is 0 Å². The van der Waals surface area contributed by atoms with Gasteiger partial charge in [-0.1, -0.05) is 0 Å². The van der Waals surface area contributed by atoms with E-state index in [1.54, 1.807) is 5.51 Å². The van der Waals surface area contributed by atoms with Crippen molar-refractivity contribution in [2.24, 2.45) is 17.8 Å². The van der Waals surface area contributed by atoms with Crippen LogP contribution in [-0.4, -0.2) is 34.1 Å². The number of halogens is 1. The Morgan fingerprint density at radius 2 is 2.04 bits per heavy atom. The first kappa shape index (κ1) is 15.1. The fourth-order valence-electron chi connectivity index (χ4n) is 4.13. The molecule has 8 heteroatoms. The van der Waals surface area contributed by atoms with Crippen molar-refractivity contribution in [2.75, 3.05) is 12.4 Å². The number of nitrogens with one attached hydrogen (secondary N) is 1. The summed E-state index contributed by atoms with van der Waals surface area (Å²) in [6.07, 6.45) is 4.46. The van der Waals surface area contributed by atoms with Crippen LogP contribution in [0.25, 0.3) is 10.3 Å². The summed E-state index contributed by atoms with van der Waals surface area (Å²) < 4.78 is 5.06. The summed E-state index contributed by atoms with van der Waals surface area (Å²) >= 11 is 7.46. The lowest BCUT2D eigenvalue weighted by Gasteiger charge is -2.47. The fraction of sp³-hybridized carbons (Fsp3) is 0.600. The molecule has 2 aromatic heterocycles. The SMILES string of the molecule is COC(=O)C1C2CCC(CC2)C1Nc1nc(Cl)nc2scnc12. The number of ether oxygens (including phenoxy) is 1. The first-order chi connectivity index (χ1) is 11.2. The van der Waals surface area contributed by atoms with Crippen molar-refractivity contribution in [2.45, 2.75) is 31.7 Å². The van der Waals surface area contributed by atoms with E-state index in [0.29, 0.717) is 23.2 Å². The van der Waals surface area contributed by atoms with Crippen LogP contribution in [0.2, 0.25) is 5.28 Å². The minimum atomic E-state index is -0.133. The Hall–Kier alpha value is -1.47. The maximum absolute atomic E-state index is 12.3. The number of nitrogens with zero attached hydrogens (tertiary/aromatic N) is 3. The van der Waals surface area contributed by atoms with E-state index in [0.717, 1.165) is 30.5 Å². The van der Waals surface area contributed by atoms with Gasteiger partial charge in [-0.3, -0.25) is 4.79 Å². The van der Waals surface area contributed by atoms with Crippen LogP contribution < -0.4 is 5.32 Å². The number of methoxy groups -OCH3 is 1. The average Bonchev–Trinajstić information content (AvgIpc) is 3.03. The van der Waals surface area contributed by atoms with Gasteiger partial charge in [0.1, 0.15) is 5.52 Å². The quantitative estimate of drug-likeness (QED) is 0.675. The highest BCUT2D eigenvalue weighted by Gasteiger charge is 2.48. The summed E-state index contributed by atoms with van der Waals surface area (Å²) in [7, 11) is 1.46. The monoisotopic (exact) mass is 352 g/mol. The zero-order valence-corrected chi connectivity index (χ0v) is 14.2. The molecule has 1 N–H and O–H groups in total. The molecule has 23 heavy (non-hydrogen) atoms. The van der Waals surface area contributed by atoms with Crippen molar-refractivity contribution in [3.63, 3.8) is 0 Å². The second kappa shape index (κ2) is 5.87. The van der Waals surface area contributed by atoms with Gasteiger partial charge in [0.2, 0.25) is 5.28 Å². The fourth-order valence-corrected chi connectivity index (χ4v) is 5.00. The lowest BCUT2D eigenvalue weighted by Crippen LogP contribution is -2.51. The van der Waals surface area contributed by atoms with Gasteiger partial charge in [-0.15, -0.1) is 11.3 Å². The van der Waals surface area contributed by atoms with E-state index in [2.05, 4.69) is 20.3 Å². The highest BCUT2D eigenvalue weighted by molar-refractivity contribution is 7.16. The minimum absolute atomic E-state index is 0.0193. The number of carbonyl (C=O) groups excluding carboxylic acids is 1. The lowest BCUT2D eigenvalue weighted by atomic mass is 9.61. The smallest absolute Gasteiger partial charge is 0.311 e. The van der Waals surface area contributed by atoms with E-state index in [1.165, 1.54) is 18.4 Å². The van der Waals surface area contributed by atoms with Crippen molar-refractivity contribution in [1.82, 2.24) is 15.0 Å². The largest absolute Gasteiger partial charge is 0.469 e. The second-order valence-corrected chi connectivity index (χ2v) is 7.41. The van der Waals surface area contributed by atoms with E-state index in [1.807, 2.05) is 0 Å². The number of rotatable bonds is 3. The van der Waals surface area contributed by atoms with Crippen LogP contribution in [0.3, 0.4) is 0 Å². The predicted octanol–water partition coefficient (Wildman–Crippen LogP) is 3.13. The number of anilines is 1. The summed E-state index contributed by atoms with van der Waals surface area (Å²) in [5.41, 5.74) is 2.44. The van der Waals surface area contributed by atoms with Crippen molar-refractivity contribution in [3.8, 4) is 0 Å². The molecule has 0 saturated heterocycles. The third kappa shape index (κ3) is 2.55. The Kier molecular flexibility index (Phi) is 3.85. The van der Waals surface area contributed by atoms with Gasteiger partial charge in [0.05, 0.1) is 18.5 Å². The van der Waals surface area contributed by atoms with Gasteiger partial charge in [-0.25, -0.2) is 9.97 Å². The molecule has 0 amide bonds. The molecular weight excluding hydrogens is 336 g/mol. The van der Waals surface area contributed by atoms with Gasteiger partial charge < -0.3 is 10.1 Å². The number of esters is 1. The number of hydrogen-bond donors (Lipinski definition) is 1. The van der Waals surface area contributed by atoms with E-state index < -0.39 is 0 Å². The second-order valence-electron chi connectivity index (χ2n) is 6.24. The minimum Gasteiger partial charge on any atom is -0.469 e. The van der Waals surface area contributed by atoms with Gasteiger partial charge in [-0.2, -0.15) is 4.98 Å². The molecule has 3 saturated carbocycles. The van der Waals surface area contributed by atoms with Crippen molar-refractivity contribution >= 4 is 45.1 Å². The maximum atomic E-state index is 12.3. The molecule has 0 aromatic carbocycles. The van der Waals surface area contributed by atoms with Crippen LogP contribution in [0.4, 0.5) is 5.82 Å². The summed E-state index contributed by atoms with van der Waals surface area (Å²) in [5.74, 6) is 1.19. The van der Waals surface area contributed by atoms with Crippen molar-refractivity contribution < 1.29 is 9.53 Å². The lowest BCUT2D eigenvalue weighted by molar-refractivity contribution is -0.152. The van der Waals surface area contributed by atoms with Crippen LogP contribution in [0.5, 0.6) is 0 Å². The molecule has 3 fully saturated rings. The molecule has 0 radical (unpaired) electrons. The van der Waals surface area contributed by atoms with E-state index in [-0.39, 0.29) is 23.2 Å². The summed E-state index contributed by atoms with van der Waals surface area (Å²) in [5, 5.41) is 3.65. The van der Waals surface area contributed by atoms with Crippen LogP contribution >= 0.6 is 22.9 Å². The predicted molar refractivity (Wildman–Crippen MR) is 88.6 cm³/mol. The third-order valence-electron chi connectivity index (χ3n) is 5.17. The number of aromatic nitrogens is 3. The van der Waals surface area contributed by atoms with Crippen LogP contribution in [0.1, 0.15) is 25.7 Å². The van der Waals surface area contributed by atoms with Crippen LogP contribution in [0.15, 0.2) is 5.51 Å². The summed E-state index contributed by atoms with van der Waals surface area (Å²) in [6, 6.07) is 0.0193. The highest BCUT2D eigenvalue weighted by Crippen LogP contribution is 2.47. The molecule has 2 bridgehead atoms.